The maximum atomic E-state index is 12.2. The van der Waals surface area contributed by atoms with E-state index >= 15 is 0 Å². The Labute approximate surface area is 149 Å². The molecule has 0 saturated heterocycles. The highest BCUT2D eigenvalue weighted by atomic mass is 16.5. The number of benzene rings is 1. The number of pyridine rings is 1. The molecule has 1 aromatic carbocycles. The maximum Gasteiger partial charge on any atom is 0.252 e. The Morgan fingerprint density at radius 1 is 1.20 bits per heavy atom. The number of para-hydroxylation sites is 1. The molecule has 2 rings (SSSR count). The highest BCUT2D eigenvalue weighted by Crippen LogP contribution is 2.31. The lowest BCUT2D eigenvalue weighted by Crippen LogP contribution is -2.25. The van der Waals surface area contributed by atoms with Crippen molar-refractivity contribution in [1.29, 1.82) is 0 Å². The first-order valence-electron chi connectivity index (χ1n) is 8.50. The van der Waals surface area contributed by atoms with Gasteiger partial charge < -0.3 is 15.4 Å². The highest BCUT2D eigenvalue weighted by molar-refractivity contribution is 5.94. The lowest BCUT2D eigenvalue weighted by Gasteiger charge is -2.23. The Morgan fingerprint density at radius 3 is 2.68 bits per heavy atom. The van der Waals surface area contributed by atoms with Gasteiger partial charge in [-0.3, -0.25) is 9.78 Å². The molecule has 2 N–H and O–H groups in total. The molecule has 0 unspecified atom stereocenters. The molecule has 0 fully saturated rings. The summed E-state index contributed by atoms with van der Waals surface area (Å²) in [6.07, 6.45) is 4.08. The second kappa shape index (κ2) is 8.62. The quantitative estimate of drug-likeness (QED) is 0.750. The summed E-state index contributed by atoms with van der Waals surface area (Å²) in [5.41, 5.74) is 3.59. The Balaban J connectivity index is 2.11. The molecule has 0 radical (unpaired) electrons. The van der Waals surface area contributed by atoms with Crippen molar-refractivity contribution in [3.63, 3.8) is 0 Å². The van der Waals surface area contributed by atoms with Crippen molar-refractivity contribution in [1.82, 2.24) is 10.3 Å². The van der Waals surface area contributed by atoms with Crippen LogP contribution in [0.2, 0.25) is 0 Å². The van der Waals surface area contributed by atoms with Gasteiger partial charge in [-0.15, -0.1) is 0 Å². The molecule has 5 heteroatoms. The molecule has 134 valence electrons. The van der Waals surface area contributed by atoms with Gasteiger partial charge in [-0.05, 0) is 29.5 Å². The van der Waals surface area contributed by atoms with E-state index in [0.29, 0.717) is 18.7 Å². The molecule has 0 saturated carbocycles. The standard InChI is InChI=1S/C20H27N3O2/c1-20(2,3)17-8-5-6-9-18(17)23-16-12-15(13-21-14-16)19(24)22-10-7-11-25-4/h5-6,8-9,12-14,23H,7,10-11H2,1-4H3,(H,22,24). The second-order valence-corrected chi connectivity index (χ2v) is 6.99. The van der Waals surface area contributed by atoms with Crippen molar-refractivity contribution in [3.8, 4) is 0 Å². The minimum absolute atomic E-state index is 0.0212. The predicted octanol–water partition coefficient (Wildman–Crippen LogP) is 3.89. The monoisotopic (exact) mass is 341 g/mol. The van der Waals surface area contributed by atoms with Crippen molar-refractivity contribution >= 4 is 17.3 Å². The van der Waals surface area contributed by atoms with Gasteiger partial charge in [0.1, 0.15) is 0 Å². The molecule has 0 aliphatic rings. The van der Waals surface area contributed by atoms with Crippen molar-refractivity contribution < 1.29 is 9.53 Å². The molecule has 25 heavy (non-hydrogen) atoms. The molecule has 1 amide bonds. The van der Waals surface area contributed by atoms with Gasteiger partial charge in [0.05, 0.1) is 17.4 Å². The molecule has 1 aromatic heterocycles. The minimum atomic E-state index is -0.128. The van der Waals surface area contributed by atoms with E-state index in [9.17, 15) is 4.79 Å². The van der Waals surface area contributed by atoms with Gasteiger partial charge in [-0.2, -0.15) is 0 Å². The van der Waals surface area contributed by atoms with E-state index in [1.165, 1.54) is 5.56 Å². The Hall–Kier alpha value is -2.40. The smallest absolute Gasteiger partial charge is 0.252 e. The van der Waals surface area contributed by atoms with Gasteiger partial charge >= 0.3 is 0 Å². The molecular weight excluding hydrogens is 314 g/mol. The van der Waals surface area contributed by atoms with Crippen LogP contribution >= 0.6 is 0 Å². The molecule has 0 aliphatic heterocycles. The summed E-state index contributed by atoms with van der Waals surface area (Å²) in [6, 6.07) is 10.0. The third-order valence-electron chi connectivity index (χ3n) is 3.83. The number of rotatable bonds is 7. The number of carbonyl (C=O) groups excluding carboxylic acids is 1. The molecule has 0 atom stereocenters. The van der Waals surface area contributed by atoms with Crippen LogP contribution in [0.5, 0.6) is 0 Å². The van der Waals surface area contributed by atoms with E-state index in [1.807, 2.05) is 24.3 Å². The fraction of sp³-hybridized carbons (Fsp3) is 0.400. The van der Waals surface area contributed by atoms with Crippen molar-refractivity contribution in [2.75, 3.05) is 25.6 Å². The number of carbonyl (C=O) groups is 1. The van der Waals surface area contributed by atoms with E-state index < -0.39 is 0 Å². The summed E-state index contributed by atoms with van der Waals surface area (Å²) >= 11 is 0. The third-order valence-corrected chi connectivity index (χ3v) is 3.83. The van der Waals surface area contributed by atoms with E-state index in [2.05, 4.69) is 42.5 Å². The zero-order chi connectivity index (χ0) is 18.3. The fourth-order valence-electron chi connectivity index (χ4n) is 2.55. The van der Waals surface area contributed by atoms with Crippen LogP contribution in [0.3, 0.4) is 0 Å². The number of ether oxygens (including phenoxy) is 1. The predicted molar refractivity (Wildman–Crippen MR) is 101 cm³/mol. The Morgan fingerprint density at radius 2 is 1.96 bits per heavy atom. The van der Waals surface area contributed by atoms with Gasteiger partial charge in [-0.1, -0.05) is 39.0 Å². The number of hydrogen-bond donors (Lipinski definition) is 2. The molecule has 2 aromatic rings. The molecule has 0 spiro atoms. The third kappa shape index (κ3) is 5.57. The average molecular weight is 341 g/mol. The zero-order valence-electron chi connectivity index (χ0n) is 15.4. The number of anilines is 2. The number of nitrogens with one attached hydrogen (secondary N) is 2. The van der Waals surface area contributed by atoms with E-state index in [-0.39, 0.29) is 11.3 Å². The van der Waals surface area contributed by atoms with Crippen LogP contribution in [0.1, 0.15) is 43.1 Å². The van der Waals surface area contributed by atoms with E-state index in [0.717, 1.165) is 17.8 Å². The summed E-state index contributed by atoms with van der Waals surface area (Å²) in [4.78, 5) is 16.4. The number of hydrogen-bond acceptors (Lipinski definition) is 4. The largest absolute Gasteiger partial charge is 0.385 e. The van der Waals surface area contributed by atoms with Crippen molar-refractivity contribution in [2.45, 2.75) is 32.6 Å². The first kappa shape index (κ1) is 18.9. The lowest BCUT2D eigenvalue weighted by molar-refractivity contribution is 0.0948. The van der Waals surface area contributed by atoms with Gasteiger partial charge in [0.2, 0.25) is 0 Å². The Kier molecular flexibility index (Phi) is 6.53. The molecular formula is C20H27N3O2. The fourth-order valence-corrected chi connectivity index (χ4v) is 2.55. The van der Waals surface area contributed by atoms with Gasteiger partial charge in [0.15, 0.2) is 0 Å². The molecule has 0 bridgehead atoms. The zero-order valence-corrected chi connectivity index (χ0v) is 15.4. The van der Waals surface area contributed by atoms with Crippen LogP contribution < -0.4 is 10.6 Å². The summed E-state index contributed by atoms with van der Waals surface area (Å²) in [6.45, 7) is 7.74. The number of amides is 1. The summed E-state index contributed by atoms with van der Waals surface area (Å²) < 4.78 is 4.98. The summed E-state index contributed by atoms with van der Waals surface area (Å²) in [7, 11) is 1.65. The van der Waals surface area contributed by atoms with Crippen LogP contribution in [-0.4, -0.2) is 31.2 Å². The van der Waals surface area contributed by atoms with E-state index in [1.54, 1.807) is 19.5 Å². The van der Waals surface area contributed by atoms with E-state index in [4.69, 9.17) is 4.74 Å². The maximum absolute atomic E-state index is 12.2. The van der Waals surface area contributed by atoms with Crippen LogP contribution in [-0.2, 0) is 10.2 Å². The summed E-state index contributed by atoms with van der Waals surface area (Å²) in [5, 5.41) is 6.26. The first-order valence-corrected chi connectivity index (χ1v) is 8.50. The summed E-state index contributed by atoms with van der Waals surface area (Å²) in [5.74, 6) is -0.128. The Bertz CT molecular complexity index is 708. The first-order chi connectivity index (χ1) is 11.9. The van der Waals surface area contributed by atoms with Gasteiger partial charge in [-0.25, -0.2) is 0 Å². The minimum Gasteiger partial charge on any atom is -0.385 e. The second-order valence-electron chi connectivity index (χ2n) is 6.99. The van der Waals surface area contributed by atoms with Crippen LogP contribution in [0.4, 0.5) is 11.4 Å². The van der Waals surface area contributed by atoms with Crippen LogP contribution in [0.25, 0.3) is 0 Å². The SMILES string of the molecule is COCCCNC(=O)c1cncc(Nc2ccccc2C(C)(C)C)c1. The average Bonchev–Trinajstić information content (AvgIpc) is 2.58. The molecule has 5 nitrogen and oxygen atoms in total. The van der Waals surface area contributed by atoms with Crippen molar-refractivity contribution in [2.24, 2.45) is 0 Å². The topological polar surface area (TPSA) is 63.2 Å². The highest BCUT2D eigenvalue weighted by Gasteiger charge is 2.17. The number of methoxy groups -OCH3 is 1. The van der Waals surface area contributed by atoms with Crippen molar-refractivity contribution in [3.05, 3.63) is 53.9 Å². The lowest BCUT2D eigenvalue weighted by atomic mass is 9.86. The molecule has 0 aliphatic carbocycles. The van der Waals surface area contributed by atoms with Crippen LogP contribution in [0.15, 0.2) is 42.7 Å². The van der Waals surface area contributed by atoms with Gasteiger partial charge in [0, 0.05) is 32.1 Å². The normalized spacial score (nSPS) is 11.2. The van der Waals surface area contributed by atoms with Crippen LogP contribution in [0, 0.1) is 0 Å². The van der Waals surface area contributed by atoms with Gasteiger partial charge in [0.25, 0.3) is 5.91 Å². The number of aromatic nitrogens is 1. The number of nitrogens with zero attached hydrogens (tertiary/aromatic N) is 1. The molecule has 1 heterocycles.